The molecule has 1 aromatic rings. The van der Waals surface area contributed by atoms with E-state index >= 15 is 0 Å². The van der Waals surface area contributed by atoms with Crippen molar-refractivity contribution < 1.29 is 38.3 Å². The first-order valence-electron chi connectivity index (χ1n) is 15.6. The zero-order valence-corrected chi connectivity index (χ0v) is 25.9. The molecule has 0 saturated heterocycles. The maximum absolute atomic E-state index is 8.63. The molecule has 3 rings (SSSR count). The van der Waals surface area contributed by atoms with E-state index < -0.39 is 0 Å². The second kappa shape index (κ2) is 18.8. The van der Waals surface area contributed by atoms with Crippen molar-refractivity contribution >= 4 is 0 Å². The van der Waals surface area contributed by atoms with Crippen LogP contribution in [0.2, 0.25) is 0 Å². The van der Waals surface area contributed by atoms with Crippen molar-refractivity contribution in [2.75, 3.05) is 79.3 Å². The lowest BCUT2D eigenvalue weighted by atomic mass is 9.68. The van der Waals surface area contributed by atoms with Crippen molar-refractivity contribution in [3.8, 4) is 11.5 Å². The summed E-state index contributed by atoms with van der Waals surface area (Å²) < 4.78 is 40.4. The van der Waals surface area contributed by atoms with Gasteiger partial charge in [-0.05, 0) is 64.2 Å². The van der Waals surface area contributed by atoms with E-state index in [-0.39, 0.29) is 12.2 Å². The maximum Gasteiger partial charge on any atom is 0.127 e. The fourth-order valence-corrected chi connectivity index (χ4v) is 5.66. The molecule has 2 aliphatic rings. The lowest BCUT2D eigenvalue weighted by Crippen LogP contribution is -2.45. The zero-order chi connectivity index (χ0) is 29.3. The summed E-state index contributed by atoms with van der Waals surface area (Å²) in [4.78, 5) is 0. The normalized spacial score (nSPS) is 19.3. The Morgan fingerprint density at radius 3 is 2.00 bits per heavy atom. The van der Waals surface area contributed by atoms with E-state index in [2.05, 4.69) is 45.9 Å². The minimum absolute atomic E-state index is 0.0320. The number of rotatable bonds is 22. The maximum atomic E-state index is 8.63. The first-order valence-corrected chi connectivity index (χ1v) is 15.6. The lowest BCUT2D eigenvalue weighted by Gasteiger charge is -2.46. The van der Waals surface area contributed by atoms with Gasteiger partial charge in [-0.1, -0.05) is 31.4 Å². The minimum Gasteiger partial charge on any atom is -0.491 e. The predicted molar refractivity (Wildman–Crippen MR) is 160 cm³/mol. The first-order chi connectivity index (χ1) is 20.0. The molecular weight excluding hydrogens is 524 g/mol. The van der Waals surface area contributed by atoms with Crippen LogP contribution in [0, 0.1) is 5.92 Å². The fourth-order valence-electron chi connectivity index (χ4n) is 5.66. The van der Waals surface area contributed by atoms with Gasteiger partial charge in [0.15, 0.2) is 0 Å². The second-order valence-electron chi connectivity index (χ2n) is 11.5. The van der Waals surface area contributed by atoms with Crippen LogP contribution in [0.3, 0.4) is 0 Å². The smallest absolute Gasteiger partial charge is 0.127 e. The number of ether oxygens (including phenoxy) is 7. The van der Waals surface area contributed by atoms with Gasteiger partial charge in [-0.2, -0.15) is 0 Å². The molecule has 1 N–H and O–H groups in total. The van der Waals surface area contributed by atoms with Crippen LogP contribution in [0.5, 0.6) is 11.5 Å². The molecule has 0 spiro atoms. The predicted octanol–water partition coefficient (Wildman–Crippen LogP) is 5.48. The summed E-state index contributed by atoms with van der Waals surface area (Å²) in [5.74, 6) is 2.69. The summed E-state index contributed by atoms with van der Waals surface area (Å²) in [7, 11) is 0. The van der Waals surface area contributed by atoms with Gasteiger partial charge in [0, 0.05) is 17.4 Å². The molecule has 1 aromatic carbocycles. The van der Waals surface area contributed by atoms with Gasteiger partial charge < -0.3 is 38.3 Å². The Labute approximate surface area is 247 Å². The summed E-state index contributed by atoms with van der Waals surface area (Å²) in [6, 6.07) is 4.50. The number of fused-ring (bicyclic) bond motifs is 3. The van der Waals surface area contributed by atoms with Gasteiger partial charge >= 0.3 is 0 Å². The molecule has 234 valence electrons. The summed E-state index contributed by atoms with van der Waals surface area (Å²) >= 11 is 0. The van der Waals surface area contributed by atoms with Gasteiger partial charge in [0.1, 0.15) is 23.7 Å². The summed E-state index contributed by atoms with van der Waals surface area (Å²) in [6.45, 7) is 14.4. The Hall–Kier alpha value is -1.68. The van der Waals surface area contributed by atoms with Crippen LogP contribution < -0.4 is 9.47 Å². The van der Waals surface area contributed by atoms with E-state index in [4.69, 9.17) is 38.3 Å². The first kappa shape index (κ1) is 33.8. The van der Waals surface area contributed by atoms with Crippen molar-refractivity contribution in [3.05, 3.63) is 34.9 Å². The average molecular weight is 579 g/mol. The minimum atomic E-state index is -0.202. The molecule has 8 heteroatoms. The van der Waals surface area contributed by atoms with Crippen molar-refractivity contribution in [1.29, 1.82) is 0 Å². The van der Waals surface area contributed by atoms with E-state index in [1.165, 1.54) is 36.0 Å². The topological polar surface area (TPSA) is 84.8 Å². The Kier molecular flexibility index (Phi) is 15.5. The number of allylic oxidation sites excluding steroid dienone is 2. The highest BCUT2D eigenvalue weighted by atomic mass is 16.6. The molecular formula is C33H54O8. The average Bonchev–Trinajstić information content (AvgIpc) is 2.94. The number of aliphatic hydroxyl groups excluding tert-OH is 1. The molecule has 0 amide bonds. The molecule has 1 aliphatic heterocycles. The molecule has 0 radical (unpaired) electrons. The van der Waals surface area contributed by atoms with Gasteiger partial charge in [-0.3, -0.25) is 0 Å². The Bertz CT molecular complexity index is 899. The van der Waals surface area contributed by atoms with E-state index in [9.17, 15) is 0 Å². The van der Waals surface area contributed by atoms with E-state index in [1.54, 1.807) is 0 Å². The quantitative estimate of drug-likeness (QED) is 0.143. The molecule has 1 aliphatic carbocycles. The van der Waals surface area contributed by atoms with Gasteiger partial charge in [0.05, 0.1) is 72.7 Å². The molecule has 0 aromatic heterocycles. The van der Waals surface area contributed by atoms with Crippen LogP contribution >= 0.6 is 0 Å². The highest BCUT2D eigenvalue weighted by Crippen LogP contribution is 2.53. The Morgan fingerprint density at radius 1 is 0.829 bits per heavy atom. The van der Waals surface area contributed by atoms with Crippen LogP contribution in [-0.4, -0.2) is 90.0 Å². The molecule has 41 heavy (non-hydrogen) atoms. The molecule has 0 bridgehead atoms. The van der Waals surface area contributed by atoms with E-state index in [0.29, 0.717) is 84.5 Å². The third-order valence-corrected chi connectivity index (χ3v) is 7.79. The van der Waals surface area contributed by atoms with Crippen LogP contribution in [-0.2, 0) is 30.1 Å². The summed E-state index contributed by atoms with van der Waals surface area (Å²) in [5.41, 5.74) is 3.74. The molecule has 2 atom stereocenters. The zero-order valence-electron chi connectivity index (χ0n) is 25.9. The third-order valence-electron chi connectivity index (χ3n) is 7.79. The molecule has 1 heterocycles. The van der Waals surface area contributed by atoms with Gasteiger partial charge in [-0.25, -0.2) is 0 Å². The van der Waals surface area contributed by atoms with Crippen molar-refractivity contribution in [3.63, 3.8) is 0 Å². The number of benzene rings is 1. The third kappa shape index (κ3) is 11.5. The van der Waals surface area contributed by atoms with Crippen LogP contribution in [0.1, 0.15) is 76.8 Å². The number of unbranched alkanes of at least 4 members (excludes halogenated alkanes) is 2. The Balaban J connectivity index is 1.39. The molecule has 0 unspecified atom stereocenters. The van der Waals surface area contributed by atoms with Gasteiger partial charge in [0.25, 0.3) is 0 Å². The standard InChI is InChI=1S/C33H54O8/c1-5-6-7-8-27-24-30(32-28-23-26(2)9-10-29(28)33(3,4)41-31(32)25-27)40-22-21-39-20-19-38-18-17-37-16-15-36-14-13-35-12-11-34/h23-25,28-29,34H,5-22H2,1-4H3/t28-,29-/m1/s1. The van der Waals surface area contributed by atoms with Crippen molar-refractivity contribution in [1.82, 2.24) is 0 Å². The molecule has 0 fully saturated rings. The number of aryl methyl sites for hydroxylation is 1. The van der Waals surface area contributed by atoms with Crippen molar-refractivity contribution in [2.45, 2.75) is 77.7 Å². The summed E-state index contributed by atoms with van der Waals surface area (Å²) in [5, 5.41) is 8.63. The fraction of sp³-hybridized carbons (Fsp3) is 0.758. The van der Waals surface area contributed by atoms with Crippen LogP contribution in [0.25, 0.3) is 0 Å². The van der Waals surface area contributed by atoms with Crippen LogP contribution in [0.4, 0.5) is 0 Å². The number of aliphatic hydroxyl groups is 1. The largest absolute Gasteiger partial charge is 0.491 e. The second-order valence-corrected chi connectivity index (χ2v) is 11.5. The molecule has 8 nitrogen and oxygen atoms in total. The Morgan fingerprint density at radius 2 is 1.41 bits per heavy atom. The highest BCUT2D eigenvalue weighted by molar-refractivity contribution is 5.54. The molecule has 0 saturated carbocycles. The lowest BCUT2D eigenvalue weighted by molar-refractivity contribution is -0.0148. The highest BCUT2D eigenvalue weighted by Gasteiger charge is 2.45. The summed E-state index contributed by atoms with van der Waals surface area (Å²) in [6.07, 6.45) is 9.36. The van der Waals surface area contributed by atoms with Crippen LogP contribution in [0.15, 0.2) is 23.8 Å². The number of hydrogen-bond acceptors (Lipinski definition) is 8. The number of hydrogen-bond donors (Lipinski definition) is 1. The monoisotopic (exact) mass is 578 g/mol. The van der Waals surface area contributed by atoms with E-state index in [0.717, 1.165) is 30.8 Å². The van der Waals surface area contributed by atoms with Gasteiger partial charge in [-0.15, -0.1) is 0 Å². The van der Waals surface area contributed by atoms with Gasteiger partial charge in [0.2, 0.25) is 0 Å². The SMILES string of the molecule is CCCCCc1cc(OCCOCCOCCOCCOCCOCCO)c2c(c1)OC(C)(C)[C@@H]1CCC(C)=C[C@@H]21. The van der Waals surface area contributed by atoms with E-state index in [1.807, 2.05) is 0 Å². The van der Waals surface area contributed by atoms with Crippen molar-refractivity contribution in [2.24, 2.45) is 5.92 Å².